The van der Waals surface area contributed by atoms with Crippen molar-refractivity contribution in [3.63, 3.8) is 0 Å². The van der Waals surface area contributed by atoms with Crippen LogP contribution in [-0.4, -0.2) is 44.2 Å². The largest absolute Gasteiger partial charge is 0.457 e. The monoisotopic (exact) mass is 213 g/mol. The lowest BCUT2D eigenvalue weighted by atomic mass is 9.83. The molecule has 0 radical (unpaired) electrons. The highest BCUT2D eigenvalue weighted by molar-refractivity contribution is 6.45. The van der Waals surface area contributed by atoms with Gasteiger partial charge in [0.05, 0.1) is 6.10 Å². The van der Waals surface area contributed by atoms with Crippen molar-refractivity contribution in [2.75, 3.05) is 14.1 Å². The predicted octanol–water partition coefficient (Wildman–Crippen LogP) is 1.17. The molecule has 0 saturated carbocycles. The molecule has 0 aromatic carbocycles. The molecule has 0 aliphatic carbocycles. The molecule has 0 aromatic heterocycles. The first-order chi connectivity index (χ1) is 7.06. The summed E-state index contributed by atoms with van der Waals surface area (Å²) in [5.41, 5.74) is 0. The van der Waals surface area contributed by atoms with Crippen molar-refractivity contribution in [1.82, 2.24) is 4.90 Å². The molecule has 0 N–H and O–H groups in total. The van der Waals surface area contributed by atoms with Gasteiger partial charge in [-0.2, -0.15) is 0 Å². The smallest absolute Gasteiger partial charge is 0.405 e. The highest BCUT2D eigenvalue weighted by atomic mass is 16.7. The third-order valence-electron chi connectivity index (χ3n) is 2.57. The van der Waals surface area contributed by atoms with Crippen molar-refractivity contribution in [2.45, 2.75) is 45.2 Å². The van der Waals surface area contributed by atoms with Crippen molar-refractivity contribution in [1.29, 1.82) is 0 Å². The van der Waals surface area contributed by atoms with Gasteiger partial charge in [0.1, 0.15) is 6.10 Å². The quantitative estimate of drug-likeness (QED) is 0.658. The van der Waals surface area contributed by atoms with Crippen LogP contribution >= 0.6 is 0 Å². The van der Waals surface area contributed by atoms with Gasteiger partial charge in [-0.3, -0.25) is 4.79 Å². The van der Waals surface area contributed by atoms with E-state index in [0.29, 0.717) is 0 Å². The van der Waals surface area contributed by atoms with Crippen LogP contribution in [0.15, 0.2) is 0 Å². The third kappa shape index (κ3) is 3.21. The summed E-state index contributed by atoms with van der Waals surface area (Å²) in [6.07, 6.45) is 2.49. The van der Waals surface area contributed by atoms with Crippen LogP contribution in [0, 0.1) is 0 Å². The summed E-state index contributed by atoms with van der Waals surface area (Å²) in [7, 11) is 3.27. The molecule has 0 bridgehead atoms. The van der Waals surface area contributed by atoms with Crippen LogP contribution in [0.25, 0.3) is 0 Å². The first-order valence-electron chi connectivity index (χ1n) is 5.58. The first-order valence-corrected chi connectivity index (χ1v) is 5.58. The fraction of sp³-hybridized carbons (Fsp3) is 0.900. The molecular weight excluding hydrogens is 193 g/mol. The van der Waals surface area contributed by atoms with Crippen molar-refractivity contribution in [3.05, 3.63) is 0 Å². The zero-order valence-corrected chi connectivity index (χ0v) is 10.0. The Hall–Kier alpha value is -0.545. The Kier molecular flexibility index (Phi) is 4.60. The SMILES string of the molecule is CCCCB1O[C@@H](C)[C@@H](C(=O)N(C)C)O1. The summed E-state index contributed by atoms with van der Waals surface area (Å²) in [5.74, 6) is -0.0125. The number of carbonyl (C=O) groups is 1. The molecule has 1 saturated heterocycles. The molecule has 1 amide bonds. The van der Waals surface area contributed by atoms with E-state index in [9.17, 15) is 4.79 Å². The maximum atomic E-state index is 11.7. The molecule has 1 rings (SSSR count). The molecule has 15 heavy (non-hydrogen) atoms. The summed E-state index contributed by atoms with van der Waals surface area (Å²) in [6.45, 7) is 4.01. The van der Waals surface area contributed by atoms with Gasteiger partial charge in [-0.1, -0.05) is 19.8 Å². The van der Waals surface area contributed by atoms with Gasteiger partial charge < -0.3 is 14.2 Å². The van der Waals surface area contributed by atoms with Crippen LogP contribution in [0.2, 0.25) is 6.32 Å². The molecular formula is C10H20BNO3. The van der Waals surface area contributed by atoms with E-state index in [4.69, 9.17) is 9.31 Å². The van der Waals surface area contributed by atoms with E-state index in [-0.39, 0.29) is 19.1 Å². The number of hydrogen-bond donors (Lipinski definition) is 0. The van der Waals surface area contributed by atoms with Crippen molar-refractivity contribution in [3.8, 4) is 0 Å². The lowest BCUT2D eigenvalue weighted by Gasteiger charge is -2.18. The van der Waals surface area contributed by atoms with Gasteiger partial charge in [0.2, 0.25) is 0 Å². The van der Waals surface area contributed by atoms with E-state index in [1.165, 1.54) is 0 Å². The first kappa shape index (κ1) is 12.5. The van der Waals surface area contributed by atoms with Gasteiger partial charge >= 0.3 is 7.12 Å². The molecule has 1 fully saturated rings. The Labute approximate surface area is 92.1 Å². The summed E-state index contributed by atoms with van der Waals surface area (Å²) in [6, 6.07) is 0. The number of carbonyl (C=O) groups excluding carboxylic acids is 1. The number of hydrogen-bond acceptors (Lipinski definition) is 3. The van der Waals surface area contributed by atoms with Gasteiger partial charge in [-0.05, 0) is 13.2 Å². The van der Waals surface area contributed by atoms with Gasteiger partial charge in [0.15, 0.2) is 0 Å². The van der Waals surface area contributed by atoms with Crippen LogP contribution in [0.5, 0.6) is 0 Å². The van der Waals surface area contributed by atoms with Gasteiger partial charge in [-0.25, -0.2) is 0 Å². The molecule has 1 aliphatic heterocycles. The molecule has 1 aliphatic rings. The summed E-state index contributed by atoms with van der Waals surface area (Å²) < 4.78 is 11.2. The second-order valence-electron chi connectivity index (χ2n) is 4.20. The van der Waals surface area contributed by atoms with Crippen LogP contribution in [0.1, 0.15) is 26.7 Å². The van der Waals surface area contributed by atoms with E-state index in [2.05, 4.69) is 6.92 Å². The van der Waals surface area contributed by atoms with Crippen LogP contribution in [0.3, 0.4) is 0 Å². The summed E-state index contributed by atoms with van der Waals surface area (Å²) >= 11 is 0. The molecule has 0 unspecified atom stereocenters. The normalized spacial score (nSPS) is 25.7. The molecule has 0 spiro atoms. The third-order valence-corrected chi connectivity index (χ3v) is 2.57. The predicted molar refractivity (Wildman–Crippen MR) is 59.6 cm³/mol. The average molecular weight is 213 g/mol. The van der Waals surface area contributed by atoms with E-state index in [1.54, 1.807) is 19.0 Å². The number of likely N-dealkylation sites (N-methyl/N-ethyl adjacent to an activating group) is 1. The number of nitrogens with zero attached hydrogens (tertiary/aromatic N) is 1. The maximum absolute atomic E-state index is 11.7. The number of unbranched alkanes of at least 4 members (excludes halogenated alkanes) is 1. The van der Waals surface area contributed by atoms with Crippen molar-refractivity contribution >= 4 is 13.0 Å². The fourth-order valence-corrected chi connectivity index (χ4v) is 1.64. The molecule has 0 aromatic rings. The minimum atomic E-state index is -0.429. The molecule has 86 valence electrons. The lowest BCUT2D eigenvalue weighted by Crippen LogP contribution is -2.38. The average Bonchev–Trinajstić information content (AvgIpc) is 2.55. The van der Waals surface area contributed by atoms with E-state index in [1.807, 2.05) is 6.92 Å². The van der Waals surface area contributed by atoms with Crippen LogP contribution in [0.4, 0.5) is 0 Å². The Balaban J connectivity index is 2.45. The van der Waals surface area contributed by atoms with Gasteiger partial charge in [0.25, 0.3) is 5.91 Å². The minimum Gasteiger partial charge on any atom is -0.405 e. The highest BCUT2D eigenvalue weighted by Gasteiger charge is 2.41. The Morgan fingerprint density at radius 1 is 1.40 bits per heavy atom. The standard InChI is InChI=1S/C10H20BNO3/c1-5-6-7-11-14-8(2)9(15-11)10(13)12(3)4/h8-9H,5-7H2,1-4H3/t8-,9-/m0/s1. The molecule has 5 heteroatoms. The molecule has 1 heterocycles. The fourth-order valence-electron chi connectivity index (χ4n) is 1.64. The van der Waals surface area contributed by atoms with E-state index < -0.39 is 6.10 Å². The Morgan fingerprint density at radius 2 is 2.07 bits per heavy atom. The Morgan fingerprint density at radius 3 is 2.60 bits per heavy atom. The van der Waals surface area contributed by atoms with E-state index >= 15 is 0 Å². The Bertz CT molecular complexity index is 223. The van der Waals surface area contributed by atoms with Crippen LogP contribution < -0.4 is 0 Å². The lowest BCUT2D eigenvalue weighted by molar-refractivity contribution is -0.136. The maximum Gasteiger partial charge on any atom is 0.457 e. The molecule has 4 nitrogen and oxygen atoms in total. The van der Waals surface area contributed by atoms with Crippen molar-refractivity contribution in [2.24, 2.45) is 0 Å². The summed E-state index contributed by atoms with van der Waals surface area (Å²) in [5, 5.41) is 0. The van der Waals surface area contributed by atoms with E-state index in [0.717, 1.165) is 19.2 Å². The van der Waals surface area contributed by atoms with Crippen LogP contribution in [-0.2, 0) is 14.1 Å². The second kappa shape index (κ2) is 5.51. The highest BCUT2D eigenvalue weighted by Crippen LogP contribution is 2.21. The zero-order valence-electron chi connectivity index (χ0n) is 10.0. The number of rotatable bonds is 4. The van der Waals surface area contributed by atoms with Crippen molar-refractivity contribution < 1.29 is 14.1 Å². The summed E-state index contributed by atoms with van der Waals surface area (Å²) in [4.78, 5) is 13.2. The van der Waals surface area contributed by atoms with Gasteiger partial charge in [0, 0.05) is 14.1 Å². The zero-order chi connectivity index (χ0) is 11.4. The minimum absolute atomic E-state index is 0.0125. The molecule has 2 atom stereocenters. The van der Waals surface area contributed by atoms with Gasteiger partial charge in [-0.15, -0.1) is 0 Å². The topological polar surface area (TPSA) is 38.8 Å². The second-order valence-corrected chi connectivity index (χ2v) is 4.20. The number of amides is 1.